The number of aromatic nitrogens is 1. The van der Waals surface area contributed by atoms with E-state index in [9.17, 15) is 13.6 Å². The van der Waals surface area contributed by atoms with E-state index in [0.29, 0.717) is 5.56 Å². The van der Waals surface area contributed by atoms with Crippen molar-refractivity contribution in [2.45, 2.75) is 19.6 Å². The Balaban J connectivity index is 2.21. The molecule has 21 heavy (non-hydrogen) atoms. The van der Waals surface area contributed by atoms with Gasteiger partial charge in [0, 0.05) is 24.9 Å². The van der Waals surface area contributed by atoms with Crippen LogP contribution < -0.4 is 15.6 Å². The third kappa shape index (κ3) is 3.81. The fraction of sp³-hybridized carbons (Fsp3) is 0.267. The lowest BCUT2D eigenvalue weighted by Gasteiger charge is -2.19. The summed E-state index contributed by atoms with van der Waals surface area (Å²) >= 11 is 0. The first-order valence-corrected chi connectivity index (χ1v) is 6.44. The lowest BCUT2D eigenvalue weighted by atomic mass is 10.1. The molecule has 0 aliphatic heterocycles. The largest absolute Gasteiger partial charge is 0.434 e. The number of nitrogens with one attached hydrogen (secondary N) is 1. The minimum Gasteiger partial charge on any atom is -0.434 e. The molecule has 0 radical (unpaired) electrons. The van der Waals surface area contributed by atoms with Crippen molar-refractivity contribution in [3.63, 3.8) is 0 Å². The molecule has 0 spiro atoms. The molecule has 2 rings (SSSR count). The summed E-state index contributed by atoms with van der Waals surface area (Å²) in [7, 11) is 1.64. The van der Waals surface area contributed by atoms with Crippen LogP contribution in [0.5, 0.6) is 5.75 Å². The number of para-hydroxylation sites is 1. The molecule has 1 heterocycles. The molecule has 1 atom stereocenters. The molecular weight excluding hydrogens is 278 g/mol. The molecular formula is C15H16F2N2O2. The second-order valence-corrected chi connectivity index (χ2v) is 4.65. The predicted octanol–water partition coefficient (Wildman–Crippen LogP) is 3.16. The standard InChI is InChI=1S/C15H16F2N2O2/c1-10(18-11-7-8-14(20)19(2)9-11)12-5-3-4-6-13(12)21-15(16)17/h3-10,15,18H,1-2H3. The molecule has 0 saturated carbocycles. The molecule has 1 aromatic heterocycles. The first-order chi connectivity index (χ1) is 9.97. The smallest absolute Gasteiger partial charge is 0.387 e. The topological polar surface area (TPSA) is 43.3 Å². The van der Waals surface area contributed by atoms with E-state index in [-0.39, 0.29) is 17.4 Å². The molecule has 4 nitrogen and oxygen atoms in total. The van der Waals surface area contributed by atoms with Crippen LogP contribution in [0.1, 0.15) is 18.5 Å². The summed E-state index contributed by atoms with van der Waals surface area (Å²) < 4.78 is 30.8. The number of alkyl halides is 2. The highest BCUT2D eigenvalue weighted by atomic mass is 19.3. The molecule has 0 fully saturated rings. The van der Waals surface area contributed by atoms with Crippen LogP contribution in [0.2, 0.25) is 0 Å². The molecule has 1 N–H and O–H groups in total. The predicted molar refractivity (Wildman–Crippen MR) is 76.8 cm³/mol. The summed E-state index contributed by atoms with van der Waals surface area (Å²) in [6, 6.07) is 9.45. The Hall–Kier alpha value is -2.37. The second kappa shape index (κ2) is 6.39. The second-order valence-electron chi connectivity index (χ2n) is 4.65. The van der Waals surface area contributed by atoms with E-state index in [0.717, 1.165) is 5.69 Å². The first kappa shape index (κ1) is 15.0. The maximum atomic E-state index is 12.4. The number of ether oxygens (including phenoxy) is 1. The van der Waals surface area contributed by atoms with Gasteiger partial charge in [-0.25, -0.2) is 0 Å². The Morgan fingerprint density at radius 2 is 1.90 bits per heavy atom. The van der Waals surface area contributed by atoms with E-state index in [2.05, 4.69) is 10.1 Å². The number of rotatable bonds is 5. The molecule has 0 aliphatic rings. The van der Waals surface area contributed by atoms with Crippen LogP contribution in [0.3, 0.4) is 0 Å². The van der Waals surface area contributed by atoms with Gasteiger partial charge in [0.2, 0.25) is 5.56 Å². The SMILES string of the molecule is CC(Nc1ccc(=O)n(C)c1)c1ccccc1OC(F)F. The van der Waals surface area contributed by atoms with Gasteiger partial charge in [0.25, 0.3) is 0 Å². The average molecular weight is 294 g/mol. The van der Waals surface area contributed by atoms with Crippen molar-refractivity contribution in [1.29, 1.82) is 0 Å². The molecule has 1 aromatic carbocycles. The summed E-state index contributed by atoms with van der Waals surface area (Å²) in [6.45, 7) is -1.03. The highest BCUT2D eigenvalue weighted by Gasteiger charge is 2.14. The zero-order valence-electron chi connectivity index (χ0n) is 11.7. The summed E-state index contributed by atoms with van der Waals surface area (Å²) in [5, 5.41) is 3.16. The van der Waals surface area contributed by atoms with Crippen LogP contribution in [0, 0.1) is 0 Å². The van der Waals surface area contributed by atoms with Gasteiger partial charge in [0.15, 0.2) is 0 Å². The number of anilines is 1. The van der Waals surface area contributed by atoms with E-state index in [4.69, 9.17) is 0 Å². The van der Waals surface area contributed by atoms with Crippen molar-refractivity contribution >= 4 is 5.69 Å². The summed E-state index contributed by atoms with van der Waals surface area (Å²) in [6.07, 6.45) is 1.65. The highest BCUT2D eigenvalue weighted by Crippen LogP contribution is 2.28. The molecule has 112 valence electrons. The highest BCUT2D eigenvalue weighted by molar-refractivity contribution is 5.46. The van der Waals surface area contributed by atoms with Crippen molar-refractivity contribution < 1.29 is 13.5 Å². The van der Waals surface area contributed by atoms with Crippen molar-refractivity contribution in [1.82, 2.24) is 4.57 Å². The van der Waals surface area contributed by atoms with Gasteiger partial charge in [-0.05, 0) is 19.1 Å². The maximum Gasteiger partial charge on any atom is 0.387 e. The third-order valence-electron chi connectivity index (χ3n) is 3.07. The van der Waals surface area contributed by atoms with Crippen LogP contribution in [0.25, 0.3) is 0 Å². The van der Waals surface area contributed by atoms with Crippen molar-refractivity contribution in [2.24, 2.45) is 7.05 Å². The average Bonchev–Trinajstić information content (AvgIpc) is 2.43. The van der Waals surface area contributed by atoms with E-state index in [1.807, 2.05) is 6.92 Å². The fourth-order valence-corrected chi connectivity index (χ4v) is 2.05. The van der Waals surface area contributed by atoms with Gasteiger partial charge < -0.3 is 14.6 Å². The number of hydrogen-bond acceptors (Lipinski definition) is 3. The minimum absolute atomic E-state index is 0.116. The lowest BCUT2D eigenvalue weighted by Crippen LogP contribution is -2.16. The van der Waals surface area contributed by atoms with E-state index in [1.54, 1.807) is 37.5 Å². The molecule has 1 unspecified atom stereocenters. The number of halogens is 2. The van der Waals surface area contributed by atoms with Crippen molar-refractivity contribution in [2.75, 3.05) is 5.32 Å². The van der Waals surface area contributed by atoms with Crippen molar-refractivity contribution in [3.8, 4) is 5.75 Å². The van der Waals surface area contributed by atoms with Gasteiger partial charge in [-0.3, -0.25) is 4.79 Å². The number of benzene rings is 1. The Morgan fingerprint density at radius 3 is 2.57 bits per heavy atom. The Bertz CT molecular complexity index is 671. The van der Waals surface area contributed by atoms with Gasteiger partial charge in [-0.2, -0.15) is 8.78 Å². The van der Waals surface area contributed by atoms with E-state index >= 15 is 0 Å². The van der Waals surface area contributed by atoms with Gasteiger partial charge in [-0.1, -0.05) is 18.2 Å². The normalized spacial score (nSPS) is 12.2. The number of aryl methyl sites for hydroxylation is 1. The zero-order chi connectivity index (χ0) is 15.4. The monoisotopic (exact) mass is 294 g/mol. The van der Waals surface area contributed by atoms with E-state index in [1.165, 1.54) is 16.7 Å². The summed E-state index contributed by atoms with van der Waals surface area (Å²) in [5.74, 6) is 0.136. The molecule has 6 heteroatoms. The Kier molecular flexibility index (Phi) is 4.57. The van der Waals surface area contributed by atoms with Crippen LogP contribution in [0.15, 0.2) is 47.4 Å². The minimum atomic E-state index is -2.86. The molecule has 0 amide bonds. The van der Waals surface area contributed by atoms with Gasteiger partial charge in [-0.15, -0.1) is 0 Å². The van der Waals surface area contributed by atoms with Crippen LogP contribution in [-0.4, -0.2) is 11.2 Å². The molecule has 0 saturated heterocycles. The van der Waals surface area contributed by atoms with Crippen LogP contribution in [-0.2, 0) is 7.05 Å². The van der Waals surface area contributed by atoms with E-state index < -0.39 is 6.61 Å². The number of hydrogen-bond donors (Lipinski definition) is 1. The lowest BCUT2D eigenvalue weighted by molar-refractivity contribution is -0.0505. The van der Waals surface area contributed by atoms with Gasteiger partial charge in [0.05, 0.1) is 11.7 Å². The molecule has 2 aromatic rings. The zero-order valence-corrected chi connectivity index (χ0v) is 11.7. The summed E-state index contributed by atoms with van der Waals surface area (Å²) in [4.78, 5) is 11.3. The Morgan fingerprint density at radius 1 is 1.19 bits per heavy atom. The van der Waals surface area contributed by atoms with Gasteiger partial charge in [0.1, 0.15) is 5.75 Å². The third-order valence-corrected chi connectivity index (χ3v) is 3.07. The quantitative estimate of drug-likeness (QED) is 0.921. The maximum absolute atomic E-state index is 12.4. The summed E-state index contributed by atoms with van der Waals surface area (Å²) in [5.41, 5.74) is 1.22. The molecule has 0 aliphatic carbocycles. The van der Waals surface area contributed by atoms with Crippen LogP contribution >= 0.6 is 0 Å². The Labute approximate surface area is 121 Å². The fourth-order valence-electron chi connectivity index (χ4n) is 2.05. The number of nitrogens with zero attached hydrogens (tertiary/aromatic N) is 1. The van der Waals surface area contributed by atoms with Crippen molar-refractivity contribution in [3.05, 3.63) is 58.5 Å². The number of pyridine rings is 1. The first-order valence-electron chi connectivity index (χ1n) is 6.44. The van der Waals surface area contributed by atoms with Crippen LogP contribution in [0.4, 0.5) is 14.5 Å². The molecule has 0 bridgehead atoms. The van der Waals surface area contributed by atoms with Gasteiger partial charge >= 0.3 is 6.61 Å².